The average molecular weight is 923 g/mol. The van der Waals surface area contributed by atoms with Gasteiger partial charge in [0.25, 0.3) is 0 Å². The normalized spacial score (nSPS) is 15.6. The number of carbonyl (C=O) groups excluding carboxylic acids is 1. The minimum atomic E-state index is -0.337. The van der Waals surface area contributed by atoms with Crippen molar-refractivity contribution >= 4 is 48.1 Å². The van der Waals surface area contributed by atoms with Gasteiger partial charge in [0, 0.05) is 63.7 Å². The maximum atomic E-state index is 12.2. The number of aryl methyl sites for hydroxylation is 1. The molecule has 0 atom stereocenters. The molecule has 3 aromatic carbocycles. The van der Waals surface area contributed by atoms with Crippen molar-refractivity contribution in [3.63, 3.8) is 0 Å². The van der Waals surface area contributed by atoms with E-state index in [4.69, 9.17) is 4.98 Å². The van der Waals surface area contributed by atoms with Crippen LogP contribution >= 0.6 is 11.3 Å². The van der Waals surface area contributed by atoms with Gasteiger partial charge in [-0.15, -0.1) is 40.5 Å². The molecule has 0 bridgehead atoms. The van der Waals surface area contributed by atoms with Crippen LogP contribution in [-0.4, -0.2) is 15.9 Å². The summed E-state index contributed by atoms with van der Waals surface area (Å²) in [5.41, 5.74) is 6.48. The number of carbonyl (C=O) groups is 1. The fraction of sp³-hybridized carbons (Fsp3) is 0.510. The van der Waals surface area contributed by atoms with Gasteiger partial charge >= 0.3 is 0 Å². The van der Waals surface area contributed by atoms with E-state index >= 15 is 0 Å². The van der Waals surface area contributed by atoms with Crippen LogP contribution in [0.1, 0.15) is 150 Å². The van der Waals surface area contributed by atoms with Crippen molar-refractivity contribution in [1.29, 1.82) is 0 Å². The Bertz CT molecular complexity index is 2110. The molecular formula is C49H64IrNO2S-. The summed E-state index contributed by atoms with van der Waals surface area (Å²) in [5, 5.41) is 15.3. The van der Waals surface area contributed by atoms with Crippen LogP contribution < -0.4 is 0 Å². The zero-order valence-corrected chi connectivity index (χ0v) is 38.3. The van der Waals surface area contributed by atoms with Crippen LogP contribution in [0.4, 0.5) is 0 Å². The number of aliphatic hydroxyl groups is 1. The third-order valence-electron chi connectivity index (χ3n) is 13.1. The standard InChI is InChI=1S/C34H36NS.C15H28O2.Ir/c1-21-25(22-13-16-34(5,6)17-14-22)11-12-27-28-15-18-35-30(32(28)36-31(21)27)24-19-23-9-7-8-10-26(23)29(20-24)33(2,3)4;1-7-14(5,8-2)12(16)11-13(17)15(6,9-3)10-4;/h7-12,15,18,20,22H,13-14,16-17H2,1-6H3;11,16H,7-10H2,1-6H3;/q-1;;/b;12-11-;. The molecule has 54 heavy (non-hydrogen) atoms. The number of rotatable bonds is 9. The molecule has 0 unspecified atom stereocenters. The predicted octanol–water partition coefficient (Wildman–Crippen LogP) is 15.0. The number of thiophene rings is 1. The van der Waals surface area contributed by atoms with E-state index in [1.807, 2.05) is 59.1 Å². The number of benzene rings is 3. The second-order valence-corrected chi connectivity index (χ2v) is 19.1. The Hall–Kier alpha value is -2.85. The quantitative estimate of drug-likeness (QED) is 0.0910. The number of pyridine rings is 1. The molecule has 0 aliphatic heterocycles. The van der Waals surface area contributed by atoms with E-state index < -0.39 is 0 Å². The molecule has 1 aliphatic rings. The largest absolute Gasteiger partial charge is 0.512 e. The molecule has 1 saturated carbocycles. The molecule has 5 aromatic rings. The fourth-order valence-corrected chi connectivity index (χ4v) is 9.23. The summed E-state index contributed by atoms with van der Waals surface area (Å²) in [4.78, 5) is 17.1. The van der Waals surface area contributed by atoms with Gasteiger partial charge in [-0.05, 0) is 97.6 Å². The van der Waals surface area contributed by atoms with Gasteiger partial charge in [-0.2, -0.15) is 0 Å². The Labute approximate surface area is 343 Å². The summed E-state index contributed by atoms with van der Waals surface area (Å²) in [7, 11) is 0. The Balaban J connectivity index is 0.000000309. The van der Waals surface area contributed by atoms with Gasteiger partial charge in [-0.25, -0.2) is 0 Å². The summed E-state index contributed by atoms with van der Waals surface area (Å²) in [5.74, 6) is 0.974. The molecule has 1 radical (unpaired) electrons. The zero-order valence-electron chi connectivity index (χ0n) is 35.1. The minimum absolute atomic E-state index is 0. The summed E-state index contributed by atoms with van der Waals surface area (Å²) >= 11 is 1.92. The predicted molar refractivity (Wildman–Crippen MR) is 230 cm³/mol. The third kappa shape index (κ3) is 8.90. The smallest absolute Gasteiger partial charge is 0.164 e. The second kappa shape index (κ2) is 17.1. The number of nitrogens with zero attached hydrogens (tertiary/aromatic N) is 1. The van der Waals surface area contributed by atoms with Crippen molar-refractivity contribution in [2.24, 2.45) is 16.2 Å². The summed E-state index contributed by atoms with van der Waals surface area (Å²) in [6.07, 6.45) is 12.0. The topological polar surface area (TPSA) is 50.2 Å². The van der Waals surface area contributed by atoms with Crippen LogP contribution in [-0.2, 0) is 30.3 Å². The van der Waals surface area contributed by atoms with Crippen molar-refractivity contribution in [2.75, 3.05) is 0 Å². The first-order chi connectivity index (χ1) is 24.9. The van der Waals surface area contributed by atoms with E-state index in [1.165, 1.54) is 73.8 Å². The molecule has 5 heteroatoms. The van der Waals surface area contributed by atoms with E-state index in [9.17, 15) is 9.90 Å². The van der Waals surface area contributed by atoms with E-state index in [0.717, 1.165) is 36.9 Å². The number of ketones is 1. The number of allylic oxidation sites excluding steroid dienone is 2. The van der Waals surface area contributed by atoms with Gasteiger partial charge in [0.15, 0.2) is 5.78 Å². The molecular weight excluding hydrogens is 859 g/mol. The van der Waals surface area contributed by atoms with Crippen LogP contribution in [0.25, 0.3) is 42.2 Å². The van der Waals surface area contributed by atoms with Crippen LogP contribution in [0.15, 0.2) is 66.6 Å². The first kappa shape index (κ1) is 43.9. The van der Waals surface area contributed by atoms with Crippen LogP contribution in [0.3, 0.4) is 0 Å². The van der Waals surface area contributed by atoms with E-state index in [0.29, 0.717) is 11.3 Å². The van der Waals surface area contributed by atoms with Crippen LogP contribution in [0, 0.1) is 29.2 Å². The molecule has 3 nitrogen and oxygen atoms in total. The fourth-order valence-electron chi connectivity index (χ4n) is 7.92. The summed E-state index contributed by atoms with van der Waals surface area (Å²) in [6, 6.07) is 21.7. The Morgan fingerprint density at radius 1 is 0.870 bits per heavy atom. The van der Waals surface area contributed by atoms with Gasteiger partial charge in [0.1, 0.15) is 5.76 Å². The molecule has 0 saturated heterocycles. The zero-order chi connectivity index (χ0) is 38.9. The van der Waals surface area contributed by atoms with Gasteiger partial charge in [-0.3, -0.25) is 9.78 Å². The first-order valence-corrected chi connectivity index (χ1v) is 21.0. The summed E-state index contributed by atoms with van der Waals surface area (Å²) < 4.78 is 2.71. The molecule has 1 N–H and O–H groups in total. The van der Waals surface area contributed by atoms with E-state index in [2.05, 4.69) is 96.1 Å². The average Bonchev–Trinajstić information content (AvgIpc) is 3.53. The molecule has 2 heterocycles. The SMILES string of the molecule is CCC(C)(CC)C(=O)/C=C(\O)C(C)(CC)CC.Cc1c(C2CCC(C)(C)CC2)ccc2c1sc1c(-c3[c-]c4ccccc4c(C(C)(C)C)c3)nccc12.[Ir]. The maximum absolute atomic E-state index is 12.2. The molecule has 2 aromatic heterocycles. The molecule has 0 spiro atoms. The van der Waals surface area contributed by atoms with Crippen LogP contribution in [0.5, 0.6) is 0 Å². The summed E-state index contributed by atoms with van der Waals surface area (Å²) in [6.45, 7) is 26.2. The number of hydrogen-bond donors (Lipinski definition) is 1. The van der Waals surface area contributed by atoms with Gasteiger partial charge in [-0.1, -0.05) is 117 Å². The number of hydrogen-bond acceptors (Lipinski definition) is 4. The Morgan fingerprint density at radius 3 is 2.06 bits per heavy atom. The third-order valence-corrected chi connectivity index (χ3v) is 14.4. The molecule has 1 fully saturated rings. The molecule has 293 valence electrons. The van der Waals surface area contributed by atoms with Crippen molar-refractivity contribution in [3.05, 3.63) is 89.3 Å². The maximum Gasteiger partial charge on any atom is 0.164 e. The van der Waals surface area contributed by atoms with Crippen molar-refractivity contribution in [2.45, 2.75) is 146 Å². The number of fused-ring (bicyclic) bond motifs is 4. The second-order valence-electron chi connectivity index (χ2n) is 18.1. The van der Waals surface area contributed by atoms with E-state index in [1.54, 1.807) is 5.56 Å². The molecule has 6 rings (SSSR count). The molecule has 1 aliphatic carbocycles. The Kier molecular flexibility index (Phi) is 13.9. The van der Waals surface area contributed by atoms with Crippen molar-refractivity contribution in [1.82, 2.24) is 4.98 Å². The number of aliphatic hydroxyl groups excluding tert-OH is 1. The van der Waals surface area contributed by atoms with Crippen molar-refractivity contribution < 1.29 is 30.0 Å². The first-order valence-electron chi connectivity index (χ1n) is 20.1. The van der Waals surface area contributed by atoms with E-state index in [-0.39, 0.29) is 47.9 Å². The van der Waals surface area contributed by atoms with Gasteiger partial charge < -0.3 is 5.11 Å². The minimum Gasteiger partial charge on any atom is -0.512 e. The Morgan fingerprint density at radius 2 is 1.46 bits per heavy atom. The van der Waals surface area contributed by atoms with Gasteiger partial charge in [0.2, 0.25) is 0 Å². The molecule has 0 amide bonds. The van der Waals surface area contributed by atoms with Crippen molar-refractivity contribution in [3.8, 4) is 11.3 Å². The van der Waals surface area contributed by atoms with Gasteiger partial charge in [0.05, 0.1) is 0 Å². The monoisotopic (exact) mass is 923 g/mol. The van der Waals surface area contributed by atoms with Crippen LogP contribution in [0.2, 0.25) is 0 Å². The number of aromatic nitrogens is 1.